The van der Waals surface area contributed by atoms with Gasteiger partial charge >= 0.3 is 6.03 Å². The second-order valence-electron chi connectivity index (χ2n) is 9.90. The SMILES string of the molecule is CC(C)C[C@]1(C2CCN(C(=O)C3CCCCC3)CC2)NC(=O)N(Cc2cccs2)C1=O. The van der Waals surface area contributed by atoms with Gasteiger partial charge in [-0.3, -0.25) is 14.5 Å². The van der Waals surface area contributed by atoms with Gasteiger partial charge in [0.05, 0.1) is 6.54 Å². The smallest absolute Gasteiger partial charge is 0.325 e. The molecule has 1 saturated carbocycles. The Kier molecular flexibility index (Phi) is 6.70. The molecule has 0 unspecified atom stereocenters. The van der Waals surface area contributed by atoms with Crippen LogP contribution in [-0.4, -0.2) is 46.3 Å². The molecule has 1 aromatic rings. The first-order valence-corrected chi connectivity index (χ1v) is 12.7. The van der Waals surface area contributed by atoms with Gasteiger partial charge in [-0.05, 0) is 55.4 Å². The number of thiophene rings is 1. The summed E-state index contributed by atoms with van der Waals surface area (Å²) in [5, 5.41) is 5.09. The molecule has 1 N–H and O–H groups in total. The molecule has 7 heteroatoms. The summed E-state index contributed by atoms with van der Waals surface area (Å²) in [7, 11) is 0. The standard InChI is InChI=1S/C24H35N3O3S/c1-17(2)15-24(22(29)27(23(30)25-24)16-20-9-6-14-31-20)19-10-12-26(13-11-19)21(28)18-7-4-3-5-8-18/h6,9,14,17-19H,3-5,7-8,10-13,15-16H2,1-2H3,(H,25,30)/t24-/m1/s1. The topological polar surface area (TPSA) is 69.7 Å². The molecule has 1 aromatic heterocycles. The van der Waals surface area contributed by atoms with Gasteiger partial charge in [0.25, 0.3) is 5.91 Å². The molecule has 2 aliphatic heterocycles. The quantitative estimate of drug-likeness (QED) is 0.660. The highest BCUT2D eigenvalue weighted by Crippen LogP contribution is 2.39. The minimum Gasteiger partial charge on any atom is -0.342 e. The number of carbonyl (C=O) groups excluding carboxylic acids is 3. The van der Waals surface area contributed by atoms with Crippen LogP contribution in [0.2, 0.25) is 0 Å². The number of nitrogens with zero attached hydrogens (tertiary/aromatic N) is 2. The first-order chi connectivity index (χ1) is 14.9. The largest absolute Gasteiger partial charge is 0.342 e. The first kappa shape index (κ1) is 22.3. The first-order valence-electron chi connectivity index (χ1n) is 11.9. The highest BCUT2D eigenvalue weighted by Gasteiger charge is 2.56. The van der Waals surface area contributed by atoms with Crippen molar-refractivity contribution in [1.29, 1.82) is 0 Å². The minimum atomic E-state index is -0.845. The van der Waals surface area contributed by atoms with Crippen LogP contribution in [0.4, 0.5) is 4.79 Å². The molecule has 3 aliphatic rings. The van der Waals surface area contributed by atoms with E-state index in [-0.39, 0.29) is 29.7 Å². The maximum Gasteiger partial charge on any atom is 0.325 e. The average molecular weight is 446 g/mol. The number of imide groups is 1. The van der Waals surface area contributed by atoms with Gasteiger partial charge in [0.2, 0.25) is 5.91 Å². The van der Waals surface area contributed by atoms with Crippen molar-refractivity contribution >= 4 is 29.2 Å². The summed E-state index contributed by atoms with van der Waals surface area (Å²) in [6.07, 6.45) is 7.77. The number of hydrogen-bond donors (Lipinski definition) is 1. The van der Waals surface area contributed by atoms with E-state index in [2.05, 4.69) is 19.2 Å². The lowest BCUT2D eigenvalue weighted by Crippen LogP contribution is -2.57. The molecule has 4 rings (SSSR count). The Bertz CT molecular complexity index is 795. The predicted octanol–water partition coefficient (Wildman–Crippen LogP) is 4.40. The van der Waals surface area contributed by atoms with Crippen LogP contribution in [0.1, 0.15) is 70.1 Å². The monoisotopic (exact) mass is 445 g/mol. The van der Waals surface area contributed by atoms with Crippen molar-refractivity contribution in [3.8, 4) is 0 Å². The Morgan fingerprint density at radius 3 is 2.48 bits per heavy atom. The van der Waals surface area contributed by atoms with Crippen LogP contribution in [0.15, 0.2) is 17.5 Å². The second-order valence-corrected chi connectivity index (χ2v) is 10.9. The van der Waals surface area contributed by atoms with Crippen LogP contribution in [0.5, 0.6) is 0 Å². The second kappa shape index (κ2) is 9.31. The van der Waals surface area contributed by atoms with Crippen LogP contribution < -0.4 is 5.32 Å². The van der Waals surface area contributed by atoms with Crippen molar-refractivity contribution in [2.75, 3.05) is 13.1 Å². The fourth-order valence-electron chi connectivity index (χ4n) is 5.77. The van der Waals surface area contributed by atoms with E-state index < -0.39 is 5.54 Å². The summed E-state index contributed by atoms with van der Waals surface area (Å²) >= 11 is 1.56. The number of rotatable bonds is 6. The summed E-state index contributed by atoms with van der Waals surface area (Å²) in [4.78, 5) is 43.9. The van der Waals surface area contributed by atoms with Crippen molar-refractivity contribution in [3.63, 3.8) is 0 Å². The molecule has 0 bridgehead atoms. The molecule has 1 aliphatic carbocycles. The van der Waals surface area contributed by atoms with Gasteiger partial charge in [-0.25, -0.2) is 4.79 Å². The van der Waals surface area contributed by atoms with Crippen LogP contribution in [-0.2, 0) is 16.1 Å². The number of piperidine rings is 1. The van der Waals surface area contributed by atoms with E-state index in [1.54, 1.807) is 11.3 Å². The van der Waals surface area contributed by atoms with Crippen molar-refractivity contribution < 1.29 is 14.4 Å². The van der Waals surface area contributed by atoms with Crippen molar-refractivity contribution in [3.05, 3.63) is 22.4 Å². The third kappa shape index (κ3) is 4.52. The molecule has 3 heterocycles. The van der Waals surface area contributed by atoms with Gasteiger partial charge in [0.15, 0.2) is 0 Å². The van der Waals surface area contributed by atoms with Crippen molar-refractivity contribution in [2.45, 2.75) is 77.3 Å². The molecule has 2 saturated heterocycles. The van der Waals surface area contributed by atoms with E-state index >= 15 is 0 Å². The number of carbonyl (C=O) groups is 3. The molecule has 170 valence electrons. The van der Waals surface area contributed by atoms with Crippen LogP contribution in [0, 0.1) is 17.8 Å². The normalized spacial score (nSPS) is 26.0. The third-order valence-corrected chi connectivity index (χ3v) is 8.15. The lowest BCUT2D eigenvalue weighted by molar-refractivity contribution is -0.140. The highest BCUT2D eigenvalue weighted by atomic mass is 32.1. The molecule has 3 fully saturated rings. The molecular weight excluding hydrogens is 410 g/mol. The highest BCUT2D eigenvalue weighted by molar-refractivity contribution is 7.09. The molecule has 4 amide bonds. The fourth-order valence-corrected chi connectivity index (χ4v) is 6.47. The fraction of sp³-hybridized carbons (Fsp3) is 0.708. The van der Waals surface area contributed by atoms with E-state index in [0.29, 0.717) is 32.0 Å². The van der Waals surface area contributed by atoms with E-state index in [0.717, 1.165) is 43.4 Å². The molecule has 0 aromatic carbocycles. The Morgan fingerprint density at radius 2 is 1.87 bits per heavy atom. The lowest BCUT2D eigenvalue weighted by atomic mass is 9.73. The molecule has 6 nitrogen and oxygen atoms in total. The molecule has 0 spiro atoms. The lowest BCUT2D eigenvalue weighted by Gasteiger charge is -2.42. The van der Waals surface area contributed by atoms with Crippen molar-refractivity contribution in [2.24, 2.45) is 17.8 Å². The Balaban J connectivity index is 1.46. The summed E-state index contributed by atoms with van der Waals surface area (Å²) in [5.41, 5.74) is -0.845. The van der Waals surface area contributed by atoms with Gasteiger partial charge in [0, 0.05) is 23.9 Å². The number of hydrogen-bond acceptors (Lipinski definition) is 4. The van der Waals surface area contributed by atoms with Crippen LogP contribution in [0.25, 0.3) is 0 Å². The van der Waals surface area contributed by atoms with Gasteiger partial charge in [0.1, 0.15) is 5.54 Å². The van der Waals surface area contributed by atoms with Gasteiger partial charge in [-0.15, -0.1) is 11.3 Å². The van der Waals surface area contributed by atoms with E-state index in [1.807, 2.05) is 22.4 Å². The van der Waals surface area contributed by atoms with E-state index in [9.17, 15) is 14.4 Å². The number of urea groups is 1. The zero-order valence-corrected chi connectivity index (χ0v) is 19.6. The summed E-state index contributed by atoms with van der Waals surface area (Å²) < 4.78 is 0. The predicted molar refractivity (Wildman–Crippen MR) is 121 cm³/mol. The maximum atomic E-state index is 13.6. The third-order valence-electron chi connectivity index (χ3n) is 7.28. The molecule has 1 atom stereocenters. The van der Waals surface area contributed by atoms with Gasteiger partial charge < -0.3 is 10.2 Å². The number of likely N-dealkylation sites (tertiary alicyclic amines) is 1. The van der Waals surface area contributed by atoms with E-state index in [4.69, 9.17) is 0 Å². The minimum absolute atomic E-state index is 0.0649. The number of amides is 4. The average Bonchev–Trinajstić information content (AvgIpc) is 3.37. The van der Waals surface area contributed by atoms with Gasteiger partial charge in [-0.1, -0.05) is 39.2 Å². The Hall–Kier alpha value is -1.89. The van der Waals surface area contributed by atoms with E-state index in [1.165, 1.54) is 11.3 Å². The summed E-state index contributed by atoms with van der Waals surface area (Å²) in [6.45, 7) is 5.92. The van der Waals surface area contributed by atoms with Crippen LogP contribution >= 0.6 is 11.3 Å². The molecule has 31 heavy (non-hydrogen) atoms. The summed E-state index contributed by atoms with van der Waals surface area (Å²) in [5.74, 6) is 0.751. The van der Waals surface area contributed by atoms with Gasteiger partial charge in [-0.2, -0.15) is 0 Å². The Morgan fingerprint density at radius 1 is 1.16 bits per heavy atom. The summed E-state index contributed by atoms with van der Waals surface area (Å²) in [6, 6.07) is 3.63. The Labute approximate surface area is 189 Å². The molecular formula is C24H35N3O3S. The number of nitrogens with one attached hydrogen (secondary N) is 1. The zero-order chi connectivity index (χ0) is 22.0. The maximum absolute atomic E-state index is 13.6. The molecule has 0 radical (unpaired) electrons. The van der Waals surface area contributed by atoms with Crippen LogP contribution in [0.3, 0.4) is 0 Å². The van der Waals surface area contributed by atoms with Crippen molar-refractivity contribution in [1.82, 2.24) is 15.1 Å². The zero-order valence-electron chi connectivity index (χ0n) is 18.8.